The molecule has 0 aromatic carbocycles. The molecule has 4 heteroatoms. The van der Waals surface area contributed by atoms with Crippen LogP contribution in [0.15, 0.2) is 0 Å². The summed E-state index contributed by atoms with van der Waals surface area (Å²) in [5.74, 6) is 0.691. The van der Waals surface area contributed by atoms with Crippen molar-refractivity contribution in [1.82, 2.24) is 10.3 Å². The van der Waals surface area contributed by atoms with Crippen LogP contribution in [0.3, 0.4) is 0 Å². The normalized spacial score (nSPS) is 12.9. The summed E-state index contributed by atoms with van der Waals surface area (Å²) in [6.07, 6.45) is 3.60. The summed E-state index contributed by atoms with van der Waals surface area (Å²) < 4.78 is 5.05. The first-order chi connectivity index (χ1) is 8.67. The van der Waals surface area contributed by atoms with E-state index in [1.807, 2.05) is 11.3 Å². The van der Waals surface area contributed by atoms with Crippen molar-refractivity contribution in [3.63, 3.8) is 0 Å². The number of thiazole rings is 1. The number of methoxy groups -OCH3 is 1. The predicted molar refractivity (Wildman–Crippen MR) is 78.4 cm³/mol. The minimum Gasteiger partial charge on any atom is -0.383 e. The largest absolute Gasteiger partial charge is 0.383 e. The molecule has 0 fully saturated rings. The molecule has 0 saturated heterocycles. The third-order valence-electron chi connectivity index (χ3n) is 3.15. The van der Waals surface area contributed by atoms with E-state index < -0.39 is 0 Å². The van der Waals surface area contributed by atoms with Gasteiger partial charge in [0.25, 0.3) is 0 Å². The molecule has 1 N–H and O–H groups in total. The molecule has 0 bridgehead atoms. The van der Waals surface area contributed by atoms with E-state index in [4.69, 9.17) is 4.74 Å². The molecular formula is C14H26N2OS. The van der Waals surface area contributed by atoms with E-state index in [0.717, 1.165) is 26.1 Å². The Labute approximate surface area is 115 Å². The van der Waals surface area contributed by atoms with Crippen LogP contribution in [0, 0.1) is 19.8 Å². The van der Waals surface area contributed by atoms with Crippen molar-refractivity contribution in [3.05, 3.63) is 15.6 Å². The van der Waals surface area contributed by atoms with Crippen LogP contribution in [-0.4, -0.2) is 31.8 Å². The Hall–Kier alpha value is -0.450. The highest BCUT2D eigenvalue weighted by atomic mass is 32.1. The summed E-state index contributed by atoms with van der Waals surface area (Å²) in [6.45, 7) is 9.29. The van der Waals surface area contributed by atoms with Crippen molar-refractivity contribution in [2.45, 2.75) is 40.0 Å². The molecule has 0 aliphatic rings. The zero-order valence-electron chi connectivity index (χ0n) is 12.1. The van der Waals surface area contributed by atoms with Gasteiger partial charge in [-0.3, -0.25) is 0 Å². The molecule has 1 atom stereocenters. The molecule has 0 amide bonds. The first-order valence-corrected chi connectivity index (χ1v) is 7.61. The Morgan fingerprint density at radius 2 is 2.17 bits per heavy atom. The van der Waals surface area contributed by atoms with Gasteiger partial charge in [0.05, 0.1) is 17.3 Å². The third kappa shape index (κ3) is 5.46. The molecule has 0 saturated carbocycles. The molecule has 0 aliphatic carbocycles. The number of rotatable bonds is 9. The van der Waals surface area contributed by atoms with Crippen molar-refractivity contribution in [2.75, 3.05) is 26.8 Å². The molecule has 1 heterocycles. The molecule has 0 aliphatic heterocycles. The molecule has 18 heavy (non-hydrogen) atoms. The smallest absolute Gasteiger partial charge is 0.0934 e. The fourth-order valence-electron chi connectivity index (χ4n) is 2.04. The maximum absolute atomic E-state index is 5.05. The van der Waals surface area contributed by atoms with Crippen molar-refractivity contribution in [1.29, 1.82) is 0 Å². The van der Waals surface area contributed by atoms with Gasteiger partial charge >= 0.3 is 0 Å². The number of nitrogens with zero attached hydrogens (tertiary/aromatic N) is 1. The standard InChI is InChI=1S/C14H26N2OS/c1-5-6-13(10-15-7-8-17-4)9-14-16-11(2)12(3)18-14/h13,15H,5-10H2,1-4H3. The van der Waals surface area contributed by atoms with Crippen LogP contribution in [0.1, 0.15) is 35.3 Å². The highest BCUT2D eigenvalue weighted by molar-refractivity contribution is 7.11. The lowest BCUT2D eigenvalue weighted by Gasteiger charge is -2.15. The lowest BCUT2D eigenvalue weighted by molar-refractivity contribution is 0.197. The van der Waals surface area contributed by atoms with Crippen LogP contribution in [-0.2, 0) is 11.2 Å². The number of ether oxygens (including phenoxy) is 1. The molecule has 1 rings (SSSR count). The Kier molecular flexibility index (Phi) is 7.47. The van der Waals surface area contributed by atoms with Crippen LogP contribution in [0.2, 0.25) is 0 Å². The van der Waals surface area contributed by atoms with Crippen molar-refractivity contribution in [2.24, 2.45) is 5.92 Å². The first-order valence-electron chi connectivity index (χ1n) is 6.79. The van der Waals surface area contributed by atoms with Gasteiger partial charge in [0.2, 0.25) is 0 Å². The van der Waals surface area contributed by atoms with Gasteiger partial charge in [-0.25, -0.2) is 4.98 Å². The first kappa shape index (κ1) is 15.6. The second-order valence-electron chi connectivity index (χ2n) is 4.80. The van der Waals surface area contributed by atoms with Crippen LogP contribution >= 0.6 is 11.3 Å². The topological polar surface area (TPSA) is 34.1 Å². The van der Waals surface area contributed by atoms with Gasteiger partial charge in [0, 0.05) is 25.0 Å². The van der Waals surface area contributed by atoms with Crippen molar-refractivity contribution < 1.29 is 4.74 Å². The molecule has 0 spiro atoms. The minimum atomic E-state index is 0.691. The van der Waals surface area contributed by atoms with Crippen LogP contribution in [0.4, 0.5) is 0 Å². The molecule has 1 aromatic rings. The second-order valence-corrected chi connectivity index (χ2v) is 6.09. The zero-order chi connectivity index (χ0) is 13.4. The number of aryl methyl sites for hydroxylation is 2. The molecular weight excluding hydrogens is 244 g/mol. The van der Waals surface area contributed by atoms with E-state index in [9.17, 15) is 0 Å². The summed E-state index contributed by atoms with van der Waals surface area (Å²) in [7, 11) is 1.74. The second kappa shape index (κ2) is 8.62. The number of hydrogen-bond acceptors (Lipinski definition) is 4. The van der Waals surface area contributed by atoms with Gasteiger partial charge in [0.1, 0.15) is 0 Å². The quantitative estimate of drug-likeness (QED) is 0.701. The average Bonchev–Trinajstić information content (AvgIpc) is 2.64. The monoisotopic (exact) mass is 270 g/mol. The predicted octanol–water partition coefficient (Wildman–Crippen LogP) is 2.95. The lowest BCUT2D eigenvalue weighted by Crippen LogP contribution is -2.27. The molecule has 0 radical (unpaired) electrons. The SMILES string of the molecule is CCCC(CNCCOC)Cc1nc(C)c(C)s1. The van der Waals surface area contributed by atoms with E-state index in [1.54, 1.807) is 7.11 Å². The Balaban J connectivity index is 2.41. The fraction of sp³-hybridized carbons (Fsp3) is 0.786. The van der Waals surface area contributed by atoms with Crippen molar-refractivity contribution in [3.8, 4) is 0 Å². The van der Waals surface area contributed by atoms with Gasteiger partial charge in [-0.2, -0.15) is 0 Å². The zero-order valence-corrected chi connectivity index (χ0v) is 12.9. The third-order valence-corrected chi connectivity index (χ3v) is 4.24. The summed E-state index contributed by atoms with van der Waals surface area (Å²) in [4.78, 5) is 6.00. The molecule has 3 nitrogen and oxygen atoms in total. The van der Waals surface area contributed by atoms with Gasteiger partial charge in [-0.15, -0.1) is 11.3 Å². The summed E-state index contributed by atoms with van der Waals surface area (Å²) in [5, 5.41) is 4.75. The number of aromatic nitrogens is 1. The Morgan fingerprint density at radius 1 is 1.39 bits per heavy atom. The van der Waals surface area contributed by atoms with Crippen LogP contribution < -0.4 is 5.32 Å². The van der Waals surface area contributed by atoms with Crippen molar-refractivity contribution >= 4 is 11.3 Å². The fourth-order valence-corrected chi connectivity index (χ4v) is 3.09. The van der Waals surface area contributed by atoms with Crippen LogP contribution in [0.5, 0.6) is 0 Å². The van der Waals surface area contributed by atoms with Crippen LogP contribution in [0.25, 0.3) is 0 Å². The van der Waals surface area contributed by atoms with Gasteiger partial charge in [-0.05, 0) is 32.7 Å². The summed E-state index contributed by atoms with van der Waals surface area (Å²) >= 11 is 1.85. The molecule has 1 unspecified atom stereocenters. The van der Waals surface area contributed by atoms with E-state index in [0.29, 0.717) is 5.92 Å². The van der Waals surface area contributed by atoms with Gasteiger partial charge < -0.3 is 10.1 Å². The number of nitrogens with one attached hydrogen (secondary N) is 1. The van der Waals surface area contributed by atoms with E-state index >= 15 is 0 Å². The highest BCUT2D eigenvalue weighted by Crippen LogP contribution is 2.21. The van der Waals surface area contributed by atoms with E-state index in [-0.39, 0.29) is 0 Å². The number of hydrogen-bond donors (Lipinski definition) is 1. The average molecular weight is 270 g/mol. The minimum absolute atomic E-state index is 0.691. The van der Waals surface area contributed by atoms with Gasteiger partial charge in [0.15, 0.2) is 0 Å². The Morgan fingerprint density at radius 3 is 2.72 bits per heavy atom. The molecule has 104 valence electrons. The maximum Gasteiger partial charge on any atom is 0.0934 e. The summed E-state index contributed by atoms with van der Waals surface area (Å²) in [5.41, 5.74) is 1.19. The maximum atomic E-state index is 5.05. The van der Waals surface area contributed by atoms with E-state index in [2.05, 4.69) is 31.1 Å². The highest BCUT2D eigenvalue weighted by Gasteiger charge is 2.12. The van der Waals surface area contributed by atoms with Gasteiger partial charge in [-0.1, -0.05) is 13.3 Å². The molecule has 1 aromatic heterocycles. The van der Waals surface area contributed by atoms with E-state index in [1.165, 1.54) is 28.4 Å². The lowest BCUT2D eigenvalue weighted by atomic mass is 10.0. The Bertz CT molecular complexity index is 319. The summed E-state index contributed by atoms with van der Waals surface area (Å²) in [6, 6.07) is 0.